The summed E-state index contributed by atoms with van der Waals surface area (Å²) in [6.07, 6.45) is -0.388. The van der Waals surface area contributed by atoms with Gasteiger partial charge in [0.1, 0.15) is 17.4 Å². The Bertz CT molecular complexity index is 1380. The predicted octanol–water partition coefficient (Wildman–Crippen LogP) is 5.37. The van der Waals surface area contributed by atoms with Gasteiger partial charge >= 0.3 is 12.1 Å². The number of alkyl halides is 3. The van der Waals surface area contributed by atoms with Crippen LogP contribution in [0.3, 0.4) is 0 Å². The Balaban J connectivity index is 0.00000506. The number of pyridine rings is 1. The topological polar surface area (TPSA) is 110 Å². The summed E-state index contributed by atoms with van der Waals surface area (Å²) in [4.78, 5) is 33.0. The minimum absolute atomic E-state index is 0. The molecule has 1 aromatic carbocycles. The van der Waals surface area contributed by atoms with Crippen LogP contribution >= 0.6 is 25.0 Å². The SMILES string of the molecule is CCc1cc(N2C(S)N(c3cnc(C#N)c(C(F)(F)F)c3)C(=O)C2(C)C)ccc1OCCC1CCN(CC(=O)O)CC1.Cl. The Kier molecular flexibility index (Phi) is 10.9. The first-order valence-electron chi connectivity index (χ1n) is 13.8. The number of carboxylic acid groups (broad SMARTS) is 1. The van der Waals surface area contributed by atoms with E-state index in [1.807, 2.05) is 24.0 Å². The highest BCUT2D eigenvalue weighted by atomic mass is 35.5. The number of carbonyl (C=O) groups is 2. The number of aryl methyl sites for hydroxylation is 1. The molecule has 0 aliphatic carbocycles. The number of hydrogen-bond donors (Lipinski definition) is 2. The Morgan fingerprint density at radius 3 is 2.49 bits per heavy atom. The summed E-state index contributed by atoms with van der Waals surface area (Å²) in [5, 5.41) is 18.1. The molecule has 3 heterocycles. The van der Waals surface area contributed by atoms with E-state index in [2.05, 4.69) is 17.6 Å². The second kappa shape index (κ2) is 13.6. The van der Waals surface area contributed by atoms with Gasteiger partial charge in [-0.25, -0.2) is 4.98 Å². The van der Waals surface area contributed by atoms with Crippen LogP contribution in [0.4, 0.5) is 24.5 Å². The first kappa shape index (κ1) is 34.3. The van der Waals surface area contributed by atoms with Gasteiger partial charge < -0.3 is 14.7 Å². The van der Waals surface area contributed by atoms with Gasteiger partial charge in [-0.15, -0.1) is 25.0 Å². The molecule has 0 spiro atoms. The van der Waals surface area contributed by atoms with Crippen LogP contribution in [-0.2, 0) is 22.2 Å². The fraction of sp³-hybridized carbons (Fsp3) is 0.517. The van der Waals surface area contributed by atoms with Crippen molar-refractivity contribution in [3.05, 3.63) is 47.3 Å². The van der Waals surface area contributed by atoms with E-state index in [1.165, 1.54) is 6.07 Å². The average Bonchev–Trinajstić information content (AvgIpc) is 3.11. The second-order valence-corrected chi connectivity index (χ2v) is 11.5. The van der Waals surface area contributed by atoms with Gasteiger partial charge in [-0.1, -0.05) is 6.92 Å². The second-order valence-electron chi connectivity index (χ2n) is 11.0. The lowest BCUT2D eigenvalue weighted by Crippen LogP contribution is -2.45. The molecule has 43 heavy (non-hydrogen) atoms. The number of benzene rings is 1. The van der Waals surface area contributed by atoms with Gasteiger partial charge in [0, 0.05) is 5.69 Å². The van der Waals surface area contributed by atoms with Gasteiger partial charge in [0.25, 0.3) is 5.91 Å². The summed E-state index contributed by atoms with van der Waals surface area (Å²) in [6, 6.07) is 7.75. The highest BCUT2D eigenvalue weighted by Crippen LogP contribution is 2.42. The number of nitriles is 1. The smallest absolute Gasteiger partial charge is 0.419 e. The van der Waals surface area contributed by atoms with Crippen LogP contribution in [0.2, 0.25) is 0 Å². The van der Waals surface area contributed by atoms with E-state index in [-0.39, 0.29) is 24.6 Å². The van der Waals surface area contributed by atoms with Crippen LogP contribution in [0.25, 0.3) is 0 Å². The summed E-state index contributed by atoms with van der Waals surface area (Å²) in [6.45, 7) is 7.44. The van der Waals surface area contributed by atoms with Crippen molar-refractivity contribution in [1.82, 2.24) is 9.88 Å². The van der Waals surface area contributed by atoms with E-state index < -0.39 is 40.3 Å². The predicted molar refractivity (Wildman–Crippen MR) is 161 cm³/mol. The summed E-state index contributed by atoms with van der Waals surface area (Å²) in [5.74, 6) is -0.101. The zero-order valence-electron chi connectivity index (χ0n) is 24.1. The summed E-state index contributed by atoms with van der Waals surface area (Å²) >= 11 is 4.65. The van der Waals surface area contributed by atoms with Crippen LogP contribution in [0.5, 0.6) is 5.75 Å². The highest BCUT2D eigenvalue weighted by Gasteiger charge is 2.52. The number of aliphatic carboxylic acids is 1. The molecule has 234 valence electrons. The molecule has 14 heteroatoms. The number of piperidine rings is 1. The van der Waals surface area contributed by atoms with Crippen LogP contribution in [0, 0.1) is 17.2 Å². The lowest BCUT2D eigenvalue weighted by molar-refractivity contribution is -0.139. The quantitative estimate of drug-likeness (QED) is 0.352. The minimum atomic E-state index is -4.82. The zero-order chi connectivity index (χ0) is 30.8. The molecule has 0 bridgehead atoms. The van der Waals surface area contributed by atoms with Crippen LogP contribution in [0.1, 0.15) is 56.9 Å². The number of amides is 1. The highest BCUT2D eigenvalue weighted by molar-refractivity contribution is 7.81. The molecule has 1 aromatic heterocycles. The van der Waals surface area contributed by atoms with E-state index in [9.17, 15) is 22.8 Å². The van der Waals surface area contributed by atoms with Crippen LogP contribution < -0.4 is 14.5 Å². The van der Waals surface area contributed by atoms with E-state index >= 15 is 0 Å². The molecule has 1 unspecified atom stereocenters. The van der Waals surface area contributed by atoms with Gasteiger partial charge in [-0.2, -0.15) is 18.4 Å². The minimum Gasteiger partial charge on any atom is -0.493 e. The number of thiol groups is 1. The average molecular weight is 642 g/mol. The number of nitrogens with zero attached hydrogens (tertiary/aromatic N) is 5. The molecule has 1 amide bonds. The first-order valence-corrected chi connectivity index (χ1v) is 14.3. The van der Waals surface area contributed by atoms with Crippen molar-refractivity contribution >= 4 is 48.3 Å². The van der Waals surface area contributed by atoms with Gasteiger partial charge in [-0.3, -0.25) is 19.4 Å². The standard InChI is InChI=1S/C29H34F3N5O4S.ClH/c1-4-19-13-20(5-6-24(19)41-12-9-18-7-10-35(11-8-18)17-25(38)39)37-27(42)36(26(40)28(37,2)3)21-14-22(29(30,31)32)23(15-33)34-16-21;/h5-6,13-14,16,18,27,42H,4,7-12,17H2,1-3H3,(H,38,39);1H. The molecule has 4 rings (SSSR count). The summed E-state index contributed by atoms with van der Waals surface area (Å²) in [5.41, 5.74) is -2.61. The Hall–Kier alpha value is -3.21. The molecule has 0 radical (unpaired) electrons. The van der Waals surface area contributed by atoms with Crippen molar-refractivity contribution in [3.63, 3.8) is 0 Å². The van der Waals surface area contributed by atoms with E-state index in [1.54, 1.807) is 24.8 Å². The largest absolute Gasteiger partial charge is 0.493 e. The molecule has 1 atom stereocenters. The third kappa shape index (κ3) is 7.30. The molecule has 2 aliphatic heterocycles. The van der Waals surface area contributed by atoms with Crippen molar-refractivity contribution in [1.29, 1.82) is 5.26 Å². The molecular weight excluding hydrogens is 607 g/mol. The first-order chi connectivity index (χ1) is 19.8. The maximum Gasteiger partial charge on any atom is 0.419 e. The Morgan fingerprint density at radius 2 is 1.91 bits per heavy atom. The normalized spacial score (nSPS) is 19.2. The molecule has 2 aliphatic rings. The van der Waals surface area contributed by atoms with Crippen molar-refractivity contribution in [2.45, 2.75) is 63.7 Å². The number of carbonyl (C=O) groups excluding carboxylic acids is 1. The maximum absolute atomic E-state index is 13.6. The Labute approximate surface area is 260 Å². The van der Waals surface area contributed by atoms with E-state index in [0.717, 1.165) is 55.1 Å². The maximum atomic E-state index is 13.6. The van der Waals surface area contributed by atoms with Crippen molar-refractivity contribution < 1.29 is 32.6 Å². The number of anilines is 2. The summed E-state index contributed by atoms with van der Waals surface area (Å²) in [7, 11) is 0. The van der Waals surface area contributed by atoms with Gasteiger partial charge in [0.2, 0.25) is 0 Å². The third-order valence-corrected chi connectivity index (χ3v) is 8.38. The lowest BCUT2D eigenvalue weighted by atomic mass is 9.94. The number of rotatable bonds is 9. The fourth-order valence-corrected chi connectivity index (χ4v) is 6.26. The lowest BCUT2D eigenvalue weighted by Gasteiger charge is -2.34. The molecule has 2 saturated heterocycles. The number of likely N-dealkylation sites (tertiary alicyclic amines) is 1. The molecular formula is C29H35ClF3N5O4S. The number of halogens is 4. The van der Waals surface area contributed by atoms with E-state index in [0.29, 0.717) is 30.4 Å². The van der Waals surface area contributed by atoms with Crippen molar-refractivity contribution in [3.8, 4) is 11.8 Å². The van der Waals surface area contributed by atoms with E-state index in [4.69, 9.17) is 15.1 Å². The molecule has 2 fully saturated rings. The number of carboxylic acids is 1. The monoisotopic (exact) mass is 641 g/mol. The molecule has 9 nitrogen and oxygen atoms in total. The summed E-state index contributed by atoms with van der Waals surface area (Å²) < 4.78 is 46.9. The number of ether oxygens (including phenoxy) is 1. The number of aromatic nitrogens is 1. The van der Waals surface area contributed by atoms with Gasteiger partial charge in [-0.05, 0) is 88.4 Å². The zero-order valence-corrected chi connectivity index (χ0v) is 25.8. The van der Waals surface area contributed by atoms with Crippen LogP contribution in [-0.4, -0.2) is 64.1 Å². The molecule has 1 N–H and O–H groups in total. The molecule has 0 saturated carbocycles. The van der Waals surface area contributed by atoms with Gasteiger partial charge in [0.05, 0.1) is 30.6 Å². The molecule has 2 aromatic rings. The van der Waals surface area contributed by atoms with Crippen molar-refractivity contribution in [2.24, 2.45) is 5.92 Å². The van der Waals surface area contributed by atoms with Gasteiger partial charge in [0.15, 0.2) is 11.2 Å². The van der Waals surface area contributed by atoms with Crippen LogP contribution in [0.15, 0.2) is 30.5 Å². The number of hydrogen-bond acceptors (Lipinski definition) is 8. The third-order valence-electron chi connectivity index (χ3n) is 7.92. The Morgan fingerprint density at radius 1 is 1.23 bits per heavy atom. The fourth-order valence-electron chi connectivity index (χ4n) is 5.60. The van der Waals surface area contributed by atoms with Crippen molar-refractivity contribution in [2.75, 3.05) is 36.0 Å².